The van der Waals surface area contributed by atoms with Gasteiger partial charge in [0.25, 0.3) is 5.91 Å². The van der Waals surface area contributed by atoms with Crippen molar-refractivity contribution < 1.29 is 17.9 Å². The van der Waals surface area contributed by atoms with Crippen LogP contribution in [0.4, 0.5) is 0 Å². The van der Waals surface area contributed by atoms with Crippen LogP contribution in [0, 0.1) is 0 Å². The Kier molecular flexibility index (Phi) is 2.85. The molecule has 7 heteroatoms. The van der Waals surface area contributed by atoms with E-state index in [1.807, 2.05) is 0 Å². The van der Waals surface area contributed by atoms with Gasteiger partial charge in [-0.25, -0.2) is 8.42 Å². The van der Waals surface area contributed by atoms with Crippen LogP contribution < -0.4 is 0 Å². The second-order valence-electron chi connectivity index (χ2n) is 3.39. The van der Waals surface area contributed by atoms with E-state index in [1.165, 1.54) is 35.5 Å². The first-order valence-electron chi connectivity index (χ1n) is 4.56. The molecule has 0 aromatic rings. The average Bonchev–Trinajstić information content (AvgIpc) is 2.55. The van der Waals surface area contributed by atoms with Crippen molar-refractivity contribution in [3.63, 3.8) is 0 Å². The molecule has 0 spiro atoms. The van der Waals surface area contributed by atoms with Crippen LogP contribution in [0.5, 0.6) is 0 Å². The van der Waals surface area contributed by atoms with Gasteiger partial charge in [0.05, 0.1) is 4.91 Å². The number of hydrogen-bond acceptors (Lipinski definition) is 5. The van der Waals surface area contributed by atoms with Crippen LogP contribution in [0.3, 0.4) is 0 Å². The fourth-order valence-corrected chi connectivity index (χ4v) is 3.89. The molecule has 0 radical (unpaired) electrons. The van der Waals surface area contributed by atoms with Crippen molar-refractivity contribution in [2.24, 2.45) is 0 Å². The molecule has 5 nitrogen and oxygen atoms in total. The number of carbonyl (C=O) groups excluding carboxylic acids is 1. The molecule has 0 aromatic carbocycles. The van der Waals surface area contributed by atoms with Gasteiger partial charge in [-0.05, 0) is 12.2 Å². The quantitative estimate of drug-likeness (QED) is 0.540. The first-order valence-corrected chi connectivity index (χ1v) is 7.29. The van der Waals surface area contributed by atoms with E-state index in [1.54, 1.807) is 6.26 Å². The van der Waals surface area contributed by atoms with E-state index in [4.69, 9.17) is 4.74 Å². The molecule has 2 rings (SSSR count). The largest absolute Gasteiger partial charge is 0.369 e. The van der Waals surface area contributed by atoms with Gasteiger partial charge in [-0.15, -0.1) is 0 Å². The molecule has 2 aliphatic rings. The molecular weight excluding hydrogens is 250 g/mol. The van der Waals surface area contributed by atoms with E-state index < -0.39 is 22.0 Å². The number of methoxy groups -OCH3 is 1. The highest BCUT2D eigenvalue weighted by Crippen LogP contribution is 2.37. The van der Waals surface area contributed by atoms with Crippen molar-refractivity contribution >= 4 is 27.7 Å². The number of β-lactam (4-membered cyclic amide) rings is 1. The third-order valence-corrected chi connectivity index (χ3v) is 4.94. The molecule has 16 heavy (non-hydrogen) atoms. The summed E-state index contributed by atoms with van der Waals surface area (Å²) in [6.07, 6.45) is 4.03. The maximum atomic E-state index is 11.7. The van der Waals surface area contributed by atoms with Gasteiger partial charge in [-0.3, -0.25) is 9.10 Å². The van der Waals surface area contributed by atoms with Crippen molar-refractivity contribution in [3.8, 4) is 0 Å². The molecule has 1 amide bonds. The Morgan fingerprint density at radius 1 is 1.50 bits per heavy atom. The number of sulfone groups is 1. The van der Waals surface area contributed by atoms with Crippen molar-refractivity contribution in [1.82, 2.24) is 4.31 Å². The monoisotopic (exact) mass is 261 g/mol. The minimum absolute atomic E-state index is 0.192. The van der Waals surface area contributed by atoms with Crippen LogP contribution in [-0.2, 0) is 19.4 Å². The SMILES string of the molecule is COC1C(=O)N(SC)C1C1=CC=CS1(=O)=O. The zero-order chi connectivity index (χ0) is 11.9. The molecule has 0 bridgehead atoms. The minimum Gasteiger partial charge on any atom is -0.369 e. The number of ether oxygens (including phenoxy) is 1. The Morgan fingerprint density at radius 3 is 2.62 bits per heavy atom. The summed E-state index contributed by atoms with van der Waals surface area (Å²) in [7, 11) is -1.96. The fourth-order valence-electron chi connectivity index (χ4n) is 1.81. The lowest BCUT2D eigenvalue weighted by molar-refractivity contribution is -0.154. The highest BCUT2D eigenvalue weighted by atomic mass is 32.2. The zero-order valence-corrected chi connectivity index (χ0v) is 10.4. The van der Waals surface area contributed by atoms with Crippen LogP contribution in [-0.4, -0.2) is 44.1 Å². The first-order chi connectivity index (χ1) is 7.53. The zero-order valence-electron chi connectivity index (χ0n) is 8.78. The summed E-state index contributed by atoms with van der Waals surface area (Å²) in [4.78, 5) is 11.8. The lowest BCUT2D eigenvalue weighted by Crippen LogP contribution is -2.63. The van der Waals surface area contributed by atoms with Gasteiger partial charge >= 0.3 is 0 Å². The minimum atomic E-state index is -3.36. The number of nitrogens with zero attached hydrogens (tertiary/aromatic N) is 1. The van der Waals surface area contributed by atoms with Crippen molar-refractivity contribution in [2.75, 3.05) is 13.4 Å². The molecule has 2 heterocycles. The number of hydrogen-bond donors (Lipinski definition) is 0. The normalized spacial score (nSPS) is 31.5. The number of amides is 1. The average molecular weight is 261 g/mol. The van der Waals surface area contributed by atoms with Crippen LogP contribution in [0.25, 0.3) is 0 Å². The molecule has 0 N–H and O–H groups in total. The van der Waals surface area contributed by atoms with Gasteiger partial charge in [0.1, 0.15) is 6.04 Å². The van der Waals surface area contributed by atoms with Crippen LogP contribution in [0.2, 0.25) is 0 Å². The Hall–Kier alpha value is -0.790. The summed E-state index contributed by atoms with van der Waals surface area (Å²) >= 11 is 1.21. The third kappa shape index (κ3) is 1.50. The smallest absolute Gasteiger partial charge is 0.264 e. The Morgan fingerprint density at radius 2 is 2.19 bits per heavy atom. The molecule has 0 aromatic heterocycles. The third-order valence-electron chi connectivity index (χ3n) is 2.59. The summed E-state index contributed by atoms with van der Waals surface area (Å²) in [5.41, 5.74) is 0. The van der Waals surface area contributed by atoms with E-state index in [2.05, 4.69) is 0 Å². The Labute approximate surface area is 98.2 Å². The summed E-state index contributed by atoms with van der Waals surface area (Å²) < 4.78 is 29.8. The predicted molar refractivity (Wildman–Crippen MR) is 61.1 cm³/mol. The van der Waals surface area contributed by atoms with E-state index >= 15 is 0 Å². The van der Waals surface area contributed by atoms with E-state index in [0.717, 1.165) is 5.41 Å². The van der Waals surface area contributed by atoms with Gasteiger partial charge in [-0.1, -0.05) is 11.9 Å². The van der Waals surface area contributed by atoms with E-state index in [0.29, 0.717) is 0 Å². The maximum absolute atomic E-state index is 11.7. The van der Waals surface area contributed by atoms with Gasteiger partial charge in [-0.2, -0.15) is 0 Å². The maximum Gasteiger partial charge on any atom is 0.264 e. The highest BCUT2D eigenvalue weighted by molar-refractivity contribution is 7.98. The Balaban J connectivity index is 2.31. The summed E-state index contributed by atoms with van der Waals surface area (Å²) in [5.74, 6) is -0.192. The molecule has 88 valence electrons. The van der Waals surface area contributed by atoms with Gasteiger partial charge in [0, 0.05) is 18.8 Å². The van der Waals surface area contributed by atoms with Crippen molar-refractivity contribution in [3.05, 3.63) is 22.5 Å². The molecule has 1 saturated heterocycles. The number of allylic oxidation sites excluding steroid dienone is 2. The molecule has 2 aliphatic heterocycles. The number of rotatable bonds is 3. The van der Waals surface area contributed by atoms with Gasteiger partial charge < -0.3 is 4.74 Å². The molecule has 2 unspecified atom stereocenters. The molecule has 0 saturated carbocycles. The highest BCUT2D eigenvalue weighted by Gasteiger charge is 2.52. The second kappa shape index (κ2) is 3.90. The van der Waals surface area contributed by atoms with E-state index in [-0.39, 0.29) is 10.8 Å². The standard InChI is InChI=1S/C9H11NO4S2/c1-14-8-7(10(15-2)9(8)11)6-4-3-5-16(6,12)13/h3-5,7-8H,1-2H3. The van der Waals surface area contributed by atoms with Gasteiger partial charge in [0.15, 0.2) is 15.9 Å². The predicted octanol–water partition coefficient (Wildman–Crippen LogP) is 0.316. The second-order valence-corrected chi connectivity index (χ2v) is 5.98. The Bertz CT molecular complexity index is 466. The van der Waals surface area contributed by atoms with E-state index in [9.17, 15) is 13.2 Å². The summed E-state index contributed by atoms with van der Waals surface area (Å²) in [6, 6.07) is -0.507. The molecule has 2 atom stereocenters. The van der Waals surface area contributed by atoms with Crippen LogP contribution in [0.1, 0.15) is 0 Å². The van der Waals surface area contributed by atoms with Crippen molar-refractivity contribution in [2.45, 2.75) is 12.1 Å². The van der Waals surface area contributed by atoms with Crippen molar-refractivity contribution in [1.29, 1.82) is 0 Å². The topological polar surface area (TPSA) is 63.7 Å². The molecule has 0 aliphatic carbocycles. The number of carbonyl (C=O) groups is 1. The summed E-state index contributed by atoms with van der Waals surface area (Å²) in [5, 5.41) is 1.14. The lowest BCUT2D eigenvalue weighted by atomic mass is 10.0. The van der Waals surface area contributed by atoms with Crippen LogP contribution in [0.15, 0.2) is 22.5 Å². The lowest BCUT2D eigenvalue weighted by Gasteiger charge is -2.44. The molecule has 1 fully saturated rings. The fraction of sp³-hybridized carbons (Fsp3) is 0.444. The van der Waals surface area contributed by atoms with Crippen LogP contribution >= 0.6 is 11.9 Å². The molecular formula is C9H11NO4S2. The van der Waals surface area contributed by atoms with Gasteiger partial charge in [0.2, 0.25) is 0 Å². The summed E-state index contributed by atoms with van der Waals surface area (Å²) in [6.45, 7) is 0. The first kappa shape index (κ1) is 11.7.